The molecule has 228 valence electrons. The molecule has 0 aliphatic heterocycles. The number of amides is 2. The fourth-order valence-electron chi connectivity index (χ4n) is 3.73. The van der Waals surface area contributed by atoms with Crippen LogP contribution in [0.15, 0.2) is 59.1 Å². The second-order valence-electron chi connectivity index (χ2n) is 8.71. The quantitative estimate of drug-likeness (QED) is 0.274. The molecule has 0 atom stereocenters. The number of halogens is 12. The molecule has 0 unspecified atom stereocenters. The van der Waals surface area contributed by atoms with Crippen LogP contribution in [0.25, 0.3) is 0 Å². The van der Waals surface area contributed by atoms with Crippen LogP contribution in [0.3, 0.4) is 0 Å². The highest BCUT2D eigenvalue weighted by molar-refractivity contribution is 9.10. The minimum absolute atomic E-state index is 0.0174. The van der Waals surface area contributed by atoms with Gasteiger partial charge in [-0.2, -0.15) is 44.8 Å². The lowest BCUT2D eigenvalue weighted by atomic mass is 9.92. The van der Waals surface area contributed by atoms with E-state index in [2.05, 4.69) is 15.9 Å². The number of carbonyl (C=O) groups excluding carboxylic acids is 2. The SMILES string of the molecule is CN(C(=O)c1ccc(C#N)cc1)c1cc(C(=O)Nc2c(Br)cc(C(F)(C(F)(F)F)C(F)(F)F)cc2C(F)(F)F)ccc1F. The van der Waals surface area contributed by atoms with Crippen LogP contribution >= 0.6 is 15.9 Å². The molecular weight excluding hydrogens is 675 g/mol. The molecule has 43 heavy (non-hydrogen) atoms. The minimum Gasteiger partial charge on any atom is -0.320 e. The van der Waals surface area contributed by atoms with Gasteiger partial charge in [0.25, 0.3) is 11.8 Å². The van der Waals surface area contributed by atoms with Crippen LogP contribution in [0, 0.1) is 17.1 Å². The molecule has 0 aliphatic rings. The van der Waals surface area contributed by atoms with Gasteiger partial charge in [0.2, 0.25) is 0 Å². The van der Waals surface area contributed by atoms with Gasteiger partial charge in [0, 0.05) is 28.2 Å². The highest BCUT2D eigenvalue weighted by atomic mass is 79.9. The Bertz CT molecular complexity index is 1600. The summed E-state index contributed by atoms with van der Waals surface area (Å²) in [7, 11) is 1.09. The van der Waals surface area contributed by atoms with Crippen LogP contribution in [0.4, 0.5) is 59.7 Å². The maximum absolute atomic E-state index is 14.6. The summed E-state index contributed by atoms with van der Waals surface area (Å²) in [6, 6.07) is 8.11. The summed E-state index contributed by atoms with van der Waals surface area (Å²) in [6.45, 7) is 0. The number of hydrogen-bond acceptors (Lipinski definition) is 3. The molecule has 0 aromatic heterocycles. The van der Waals surface area contributed by atoms with Crippen molar-refractivity contribution in [1.29, 1.82) is 5.26 Å². The van der Waals surface area contributed by atoms with Gasteiger partial charge in [0.1, 0.15) is 5.82 Å². The van der Waals surface area contributed by atoms with Crippen LogP contribution in [0.2, 0.25) is 0 Å². The van der Waals surface area contributed by atoms with Gasteiger partial charge in [0.15, 0.2) is 0 Å². The van der Waals surface area contributed by atoms with E-state index < -0.39 is 80.4 Å². The Hall–Kier alpha value is -4.20. The van der Waals surface area contributed by atoms with E-state index in [9.17, 15) is 57.9 Å². The number of rotatable bonds is 5. The van der Waals surface area contributed by atoms with Gasteiger partial charge in [-0.25, -0.2) is 8.78 Å². The molecular formula is C26H13BrF11N3O2. The third kappa shape index (κ3) is 6.43. The number of nitrogens with one attached hydrogen (secondary N) is 1. The zero-order valence-corrected chi connectivity index (χ0v) is 22.5. The summed E-state index contributed by atoms with van der Waals surface area (Å²) in [4.78, 5) is 26.4. The lowest BCUT2D eigenvalue weighted by Crippen LogP contribution is -2.50. The summed E-state index contributed by atoms with van der Waals surface area (Å²) >= 11 is 2.37. The van der Waals surface area contributed by atoms with E-state index in [1.54, 1.807) is 5.32 Å². The zero-order chi connectivity index (χ0) is 32.7. The molecule has 3 aromatic carbocycles. The Kier molecular flexibility index (Phi) is 8.89. The molecule has 0 heterocycles. The van der Waals surface area contributed by atoms with Crippen LogP contribution in [-0.4, -0.2) is 31.2 Å². The highest BCUT2D eigenvalue weighted by Gasteiger charge is 2.73. The van der Waals surface area contributed by atoms with Crippen molar-refractivity contribution < 1.29 is 57.9 Å². The molecule has 0 fully saturated rings. The van der Waals surface area contributed by atoms with E-state index in [4.69, 9.17) is 5.26 Å². The maximum atomic E-state index is 14.6. The molecule has 0 saturated carbocycles. The first-order valence-corrected chi connectivity index (χ1v) is 12.1. The number of benzene rings is 3. The number of alkyl halides is 10. The van der Waals surface area contributed by atoms with E-state index in [-0.39, 0.29) is 17.2 Å². The van der Waals surface area contributed by atoms with Crippen molar-refractivity contribution in [2.45, 2.75) is 24.2 Å². The lowest BCUT2D eigenvalue weighted by Gasteiger charge is -2.31. The molecule has 0 bridgehead atoms. The number of hydrogen-bond donors (Lipinski definition) is 1. The average molecular weight is 688 g/mol. The van der Waals surface area contributed by atoms with Gasteiger partial charge in [-0.3, -0.25) is 9.59 Å². The molecule has 0 saturated heterocycles. The van der Waals surface area contributed by atoms with Crippen molar-refractivity contribution in [3.05, 3.63) is 92.7 Å². The van der Waals surface area contributed by atoms with Crippen molar-refractivity contribution in [3.63, 3.8) is 0 Å². The number of carbonyl (C=O) groups is 2. The highest BCUT2D eigenvalue weighted by Crippen LogP contribution is 2.55. The zero-order valence-electron chi connectivity index (χ0n) is 20.9. The van der Waals surface area contributed by atoms with Crippen LogP contribution < -0.4 is 10.2 Å². The Morgan fingerprint density at radius 1 is 0.837 bits per heavy atom. The Morgan fingerprint density at radius 2 is 1.37 bits per heavy atom. The van der Waals surface area contributed by atoms with Crippen molar-refractivity contribution in [1.82, 2.24) is 0 Å². The molecule has 1 N–H and O–H groups in total. The van der Waals surface area contributed by atoms with E-state index in [0.717, 1.165) is 24.1 Å². The van der Waals surface area contributed by atoms with Gasteiger partial charge >= 0.3 is 24.2 Å². The van der Waals surface area contributed by atoms with Gasteiger partial charge in [-0.05, 0) is 70.5 Å². The average Bonchev–Trinajstić information content (AvgIpc) is 2.91. The number of nitrogens with zero attached hydrogens (tertiary/aromatic N) is 2. The summed E-state index contributed by atoms with van der Waals surface area (Å²) in [5, 5.41) is 10.5. The number of anilines is 2. The van der Waals surface area contributed by atoms with Crippen molar-refractivity contribution in [3.8, 4) is 6.07 Å². The lowest BCUT2D eigenvalue weighted by molar-refractivity contribution is -0.348. The molecule has 17 heteroatoms. The van der Waals surface area contributed by atoms with Gasteiger partial charge in [-0.1, -0.05) is 0 Å². The largest absolute Gasteiger partial charge is 0.435 e. The van der Waals surface area contributed by atoms with Crippen LogP contribution in [0.1, 0.15) is 37.4 Å². The van der Waals surface area contributed by atoms with Gasteiger partial charge in [0.05, 0.1) is 28.6 Å². The normalized spacial score (nSPS) is 12.5. The number of nitriles is 1. The summed E-state index contributed by atoms with van der Waals surface area (Å²) in [5.74, 6) is -3.36. The second-order valence-corrected chi connectivity index (χ2v) is 9.56. The Labute approximate surface area is 242 Å². The van der Waals surface area contributed by atoms with Crippen LogP contribution in [-0.2, 0) is 11.8 Å². The summed E-state index contributed by atoms with van der Waals surface area (Å²) in [5.41, 5.74) is -13.3. The Balaban J connectivity index is 2.05. The maximum Gasteiger partial charge on any atom is 0.435 e. The van der Waals surface area contributed by atoms with E-state index in [1.165, 1.54) is 24.3 Å². The first-order valence-electron chi connectivity index (χ1n) is 11.3. The fourth-order valence-corrected chi connectivity index (χ4v) is 4.29. The second kappa shape index (κ2) is 11.5. The van der Waals surface area contributed by atoms with Crippen molar-refractivity contribution in [2.24, 2.45) is 0 Å². The topological polar surface area (TPSA) is 73.2 Å². The Morgan fingerprint density at radius 3 is 1.86 bits per heavy atom. The van der Waals surface area contributed by atoms with E-state index >= 15 is 0 Å². The van der Waals surface area contributed by atoms with Gasteiger partial charge < -0.3 is 10.2 Å². The molecule has 0 spiro atoms. The smallest absolute Gasteiger partial charge is 0.320 e. The fraction of sp³-hybridized carbons (Fsp3) is 0.192. The van der Waals surface area contributed by atoms with E-state index in [0.29, 0.717) is 6.07 Å². The molecule has 0 radical (unpaired) electrons. The predicted molar refractivity (Wildman–Crippen MR) is 132 cm³/mol. The minimum atomic E-state index is -6.72. The first kappa shape index (κ1) is 33.3. The molecule has 2 amide bonds. The standard InChI is InChI=1S/C26H13BrF11N3O2/c1-41(22(43)13-4-2-12(11-39)3-5-13)19-8-14(6-7-18(19)28)21(42)40-20-16(24(30,31)32)9-15(10-17(20)27)23(29,25(33,34)35)26(36,37)38/h2-10H,1H3,(H,40,42). The molecule has 3 rings (SSSR count). The van der Waals surface area contributed by atoms with Crippen molar-refractivity contribution >= 4 is 39.1 Å². The van der Waals surface area contributed by atoms with Gasteiger partial charge in [-0.15, -0.1) is 0 Å². The summed E-state index contributed by atoms with van der Waals surface area (Å²) < 4.78 is 148. The molecule has 3 aromatic rings. The third-order valence-corrected chi connectivity index (χ3v) is 6.57. The first-order chi connectivity index (χ1) is 19.6. The monoisotopic (exact) mass is 687 g/mol. The van der Waals surface area contributed by atoms with E-state index in [1.807, 2.05) is 6.07 Å². The molecule has 5 nitrogen and oxygen atoms in total. The van der Waals surface area contributed by atoms with Crippen LogP contribution in [0.5, 0.6) is 0 Å². The van der Waals surface area contributed by atoms with Crippen molar-refractivity contribution in [2.75, 3.05) is 17.3 Å². The molecule has 0 aliphatic carbocycles. The predicted octanol–water partition coefficient (Wildman–Crippen LogP) is 8.30. The summed E-state index contributed by atoms with van der Waals surface area (Å²) in [6.07, 6.45) is -19.1. The third-order valence-electron chi connectivity index (χ3n) is 5.95.